The van der Waals surface area contributed by atoms with E-state index in [0.29, 0.717) is 11.9 Å². The Labute approximate surface area is 185 Å². The van der Waals surface area contributed by atoms with Crippen molar-refractivity contribution in [3.8, 4) is 5.75 Å². The fourth-order valence-electron chi connectivity index (χ4n) is 3.49. The van der Waals surface area contributed by atoms with E-state index in [1.54, 1.807) is 19.3 Å². The Morgan fingerprint density at radius 3 is 2.72 bits per heavy atom. The highest BCUT2D eigenvalue weighted by atomic mass is 16.3. The third-order valence-corrected chi connectivity index (χ3v) is 5.53. The van der Waals surface area contributed by atoms with Gasteiger partial charge >= 0.3 is 0 Å². The van der Waals surface area contributed by atoms with Crippen LogP contribution in [0, 0.1) is 5.41 Å². The number of likely N-dealkylation sites (N-methyl/N-ethyl adjacent to an activating group) is 1. The van der Waals surface area contributed by atoms with Crippen LogP contribution >= 0.6 is 0 Å². The summed E-state index contributed by atoms with van der Waals surface area (Å²) >= 11 is 0. The van der Waals surface area contributed by atoms with Crippen LogP contribution in [0.1, 0.15) is 34.3 Å². The van der Waals surface area contributed by atoms with E-state index >= 15 is 0 Å². The Balaban J connectivity index is 1.85. The summed E-state index contributed by atoms with van der Waals surface area (Å²) in [5.74, 6) is -0.949. The molecule has 8 heteroatoms. The summed E-state index contributed by atoms with van der Waals surface area (Å²) in [5.41, 5.74) is 1.43. The highest BCUT2D eigenvalue weighted by Crippen LogP contribution is 2.27. The van der Waals surface area contributed by atoms with Gasteiger partial charge in [0.15, 0.2) is 5.75 Å². The lowest BCUT2D eigenvalue weighted by atomic mass is 10.1. The number of nitrogens with zero attached hydrogens (tertiary/aromatic N) is 3. The van der Waals surface area contributed by atoms with Gasteiger partial charge in [0.05, 0.1) is 12.1 Å². The van der Waals surface area contributed by atoms with E-state index in [0.717, 1.165) is 24.0 Å². The summed E-state index contributed by atoms with van der Waals surface area (Å²) in [4.78, 5) is 31.9. The van der Waals surface area contributed by atoms with E-state index < -0.39 is 17.2 Å². The average Bonchev–Trinajstić information content (AvgIpc) is 3.60. The number of hydrogen-bond acceptors (Lipinski definition) is 5. The maximum absolute atomic E-state index is 13.3. The number of aromatic hydroxyl groups is 1. The van der Waals surface area contributed by atoms with E-state index in [4.69, 9.17) is 5.41 Å². The fraction of sp³-hybridized carbons (Fsp3) is 0.250. The molecule has 0 unspecified atom stereocenters. The zero-order valence-electron chi connectivity index (χ0n) is 17.8. The lowest BCUT2D eigenvalue weighted by Gasteiger charge is -2.19. The van der Waals surface area contributed by atoms with Crippen molar-refractivity contribution in [2.24, 2.45) is 0 Å². The van der Waals surface area contributed by atoms with Crippen LogP contribution in [0.5, 0.6) is 5.75 Å². The Kier molecular flexibility index (Phi) is 5.77. The van der Waals surface area contributed by atoms with Gasteiger partial charge in [-0.3, -0.25) is 24.5 Å². The molecule has 3 aromatic rings. The lowest BCUT2D eigenvalue weighted by Crippen LogP contribution is -2.37. The Hall–Kier alpha value is -3.94. The van der Waals surface area contributed by atoms with Crippen LogP contribution in [0.25, 0.3) is 11.0 Å². The van der Waals surface area contributed by atoms with Crippen molar-refractivity contribution in [1.29, 1.82) is 5.41 Å². The first-order valence-electron chi connectivity index (χ1n) is 10.4. The highest BCUT2D eigenvalue weighted by Gasteiger charge is 2.29. The molecule has 164 valence electrons. The number of pyridine rings is 2. The Morgan fingerprint density at radius 2 is 2.06 bits per heavy atom. The molecule has 0 radical (unpaired) electrons. The number of benzene rings is 1. The predicted molar refractivity (Wildman–Crippen MR) is 123 cm³/mol. The van der Waals surface area contributed by atoms with Crippen LogP contribution in [-0.4, -0.2) is 44.4 Å². The van der Waals surface area contributed by atoms with Gasteiger partial charge in [0, 0.05) is 19.3 Å². The van der Waals surface area contributed by atoms with Crippen LogP contribution < -0.4 is 10.9 Å². The molecule has 0 atom stereocenters. The van der Waals surface area contributed by atoms with Gasteiger partial charge < -0.3 is 15.3 Å². The first-order chi connectivity index (χ1) is 15.4. The molecule has 8 nitrogen and oxygen atoms in total. The zero-order chi connectivity index (χ0) is 22.8. The van der Waals surface area contributed by atoms with Gasteiger partial charge in [0.2, 0.25) is 0 Å². The van der Waals surface area contributed by atoms with Crippen molar-refractivity contribution >= 4 is 22.8 Å². The standard InChI is InChI=1S/C24H25N5O3/c1-3-28(2)19(25)14-29-18-12-16(11-15-7-5-4-6-8-15)13-26-21(18)22(30)20(24(29)32)23(31)27-17-9-10-17/h3-8,12-13,17,25,30H,1,9-11,14H2,2H3,(H,27,31). The second-order valence-electron chi connectivity index (χ2n) is 7.98. The second kappa shape index (κ2) is 8.66. The Morgan fingerprint density at radius 1 is 1.34 bits per heavy atom. The van der Waals surface area contributed by atoms with E-state index in [2.05, 4.69) is 16.9 Å². The molecule has 2 aromatic heterocycles. The minimum Gasteiger partial charge on any atom is -0.505 e. The third-order valence-electron chi connectivity index (χ3n) is 5.53. The third kappa shape index (κ3) is 4.25. The fourth-order valence-corrected chi connectivity index (χ4v) is 3.49. The normalized spacial score (nSPS) is 13.0. The van der Waals surface area contributed by atoms with Gasteiger partial charge in [-0.2, -0.15) is 0 Å². The molecule has 1 aliphatic rings. The number of amidine groups is 1. The average molecular weight is 431 g/mol. The molecule has 1 amide bonds. The summed E-state index contributed by atoms with van der Waals surface area (Å²) in [5, 5.41) is 21.9. The molecule has 1 saturated carbocycles. The van der Waals surface area contributed by atoms with Gasteiger partial charge in [-0.15, -0.1) is 0 Å². The molecular weight excluding hydrogens is 406 g/mol. The molecule has 1 aliphatic carbocycles. The van der Waals surface area contributed by atoms with Crippen molar-refractivity contribution in [1.82, 2.24) is 19.8 Å². The molecule has 32 heavy (non-hydrogen) atoms. The number of hydrogen-bond donors (Lipinski definition) is 3. The Bertz CT molecular complexity index is 1260. The first kappa shape index (κ1) is 21.3. The molecule has 0 aliphatic heterocycles. The molecule has 0 spiro atoms. The van der Waals surface area contributed by atoms with E-state index in [1.807, 2.05) is 30.3 Å². The van der Waals surface area contributed by atoms with Crippen LogP contribution in [-0.2, 0) is 13.0 Å². The molecule has 1 aromatic carbocycles. The predicted octanol–water partition coefficient (Wildman–Crippen LogP) is 2.64. The maximum Gasteiger partial charge on any atom is 0.268 e. The van der Waals surface area contributed by atoms with E-state index in [9.17, 15) is 14.7 Å². The summed E-state index contributed by atoms with van der Waals surface area (Å²) in [6, 6.07) is 11.6. The monoisotopic (exact) mass is 431 g/mol. The molecular formula is C24H25N5O3. The number of carbonyl (C=O) groups is 1. The number of aromatic nitrogens is 2. The van der Waals surface area contributed by atoms with Crippen LogP contribution in [0.2, 0.25) is 0 Å². The van der Waals surface area contributed by atoms with Crippen molar-refractivity contribution in [3.05, 3.63) is 82.4 Å². The van der Waals surface area contributed by atoms with Crippen molar-refractivity contribution in [2.45, 2.75) is 31.8 Å². The molecule has 2 heterocycles. The number of amides is 1. The molecule has 4 rings (SSSR count). The number of fused-ring (bicyclic) bond motifs is 1. The zero-order valence-corrected chi connectivity index (χ0v) is 17.8. The summed E-state index contributed by atoms with van der Waals surface area (Å²) in [6.45, 7) is 3.55. The molecule has 0 saturated heterocycles. The van der Waals surface area contributed by atoms with Crippen molar-refractivity contribution < 1.29 is 9.90 Å². The largest absolute Gasteiger partial charge is 0.505 e. The molecule has 1 fully saturated rings. The lowest BCUT2D eigenvalue weighted by molar-refractivity contribution is 0.0946. The van der Waals surface area contributed by atoms with Crippen molar-refractivity contribution in [3.63, 3.8) is 0 Å². The smallest absolute Gasteiger partial charge is 0.268 e. The topological polar surface area (TPSA) is 111 Å². The van der Waals surface area contributed by atoms with Gasteiger partial charge in [-0.25, -0.2) is 0 Å². The van der Waals surface area contributed by atoms with Crippen LogP contribution in [0.3, 0.4) is 0 Å². The van der Waals surface area contributed by atoms with Crippen LogP contribution in [0.15, 0.2) is 60.2 Å². The number of rotatable bonds is 7. The summed E-state index contributed by atoms with van der Waals surface area (Å²) in [7, 11) is 1.66. The van der Waals surface area contributed by atoms with Gasteiger partial charge in [0.1, 0.15) is 16.9 Å². The summed E-state index contributed by atoms with van der Waals surface area (Å²) in [6.07, 6.45) is 5.39. The minimum absolute atomic E-state index is 0.0249. The minimum atomic E-state index is -0.658. The van der Waals surface area contributed by atoms with E-state index in [-0.39, 0.29) is 29.5 Å². The van der Waals surface area contributed by atoms with Gasteiger partial charge in [-0.05, 0) is 42.7 Å². The number of carbonyl (C=O) groups excluding carboxylic acids is 1. The van der Waals surface area contributed by atoms with Gasteiger partial charge in [0.25, 0.3) is 11.5 Å². The number of nitrogens with one attached hydrogen (secondary N) is 2. The van der Waals surface area contributed by atoms with Crippen LogP contribution in [0.4, 0.5) is 0 Å². The first-order valence-corrected chi connectivity index (χ1v) is 10.4. The quantitative estimate of drug-likeness (QED) is 0.393. The maximum atomic E-state index is 13.3. The summed E-state index contributed by atoms with van der Waals surface area (Å²) < 4.78 is 1.32. The highest BCUT2D eigenvalue weighted by molar-refractivity contribution is 6.01. The molecule has 0 bridgehead atoms. The second-order valence-corrected chi connectivity index (χ2v) is 7.98. The van der Waals surface area contributed by atoms with Gasteiger partial charge in [-0.1, -0.05) is 36.9 Å². The molecule has 3 N–H and O–H groups in total. The van der Waals surface area contributed by atoms with E-state index in [1.165, 1.54) is 15.7 Å². The SMILES string of the molecule is C=CN(C)C(=N)Cn1c(=O)c(C(=O)NC2CC2)c(O)c2ncc(Cc3ccccc3)cc21. The van der Waals surface area contributed by atoms with Crippen molar-refractivity contribution in [2.75, 3.05) is 7.05 Å².